The summed E-state index contributed by atoms with van der Waals surface area (Å²) in [7, 11) is 0. The lowest BCUT2D eigenvalue weighted by molar-refractivity contribution is -0.0469. The highest BCUT2D eigenvalue weighted by molar-refractivity contribution is 5.63. The fourth-order valence-electron chi connectivity index (χ4n) is 6.56. The first-order valence-electron chi connectivity index (χ1n) is 11.4. The quantitative estimate of drug-likeness (QED) is 0.649. The van der Waals surface area contributed by atoms with Crippen molar-refractivity contribution in [2.75, 3.05) is 24.6 Å². The number of hydrogen-bond acceptors (Lipinski definition) is 6. The Labute approximate surface area is 190 Å². The van der Waals surface area contributed by atoms with Crippen molar-refractivity contribution in [2.24, 2.45) is 5.41 Å². The number of aromatic nitrogens is 5. The minimum Gasteiger partial charge on any atom is -0.374 e. The molecule has 3 heterocycles. The average molecular weight is 453 g/mol. The third kappa shape index (κ3) is 2.74. The smallest absolute Gasteiger partial charge is 0.221 e. The molecule has 0 amide bonds. The van der Waals surface area contributed by atoms with Crippen LogP contribution in [-0.2, 0) is 10.2 Å². The van der Waals surface area contributed by atoms with Gasteiger partial charge in [0.25, 0.3) is 0 Å². The van der Waals surface area contributed by atoms with Crippen LogP contribution in [0.5, 0.6) is 0 Å². The summed E-state index contributed by atoms with van der Waals surface area (Å²) in [6.45, 7) is 8.35. The normalized spacial score (nSPS) is 27.7. The first-order chi connectivity index (χ1) is 15.8. The Bertz CT molecular complexity index is 1220. The van der Waals surface area contributed by atoms with Crippen molar-refractivity contribution in [3.05, 3.63) is 53.0 Å². The molecular formula is C24H26F2N6O. The maximum atomic E-state index is 14.5. The van der Waals surface area contributed by atoms with Gasteiger partial charge in [-0.25, -0.2) is 13.9 Å². The van der Waals surface area contributed by atoms with Gasteiger partial charge < -0.3 is 9.64 Å². The fraction of sp³-hybridized carbons (Fsp3) is 0.500. The highest BCUT2D eigenvalue weighted by atomic mass is 19.1. The molecular weight excluding hydrogens is 426 g/mol. The molecule has 1 aliphatic heterocycles. The van der Waals surface area contributed by atoms with E-state index in [0.717, 1.165) is 36.6 Å². The molecule has 0 spiro atoms. The first kappa shape index (κ1) is 20.7. The number of rotatable bonds is 3. The largest absolute Gasteiger partial charge is 0.374 e. The highest BCUT2D eigenvalue weighted by Gasteiger charge is 2.67. The zero-order chi connectivity index (χ0) is 23.0. The Balaban J connectivity index is 1.42. The second kappa shape index (κ2) is 7.03. The van der Waals surface area contributed by atoms with Crippen LogP contribution in [0.2, 0.25) is 0 Å². The molecule has 9 heteroatoms. The molecule has 172 valence electrons. The molecule has 3 atom stereocenters. The van der Waals surface area contributed by atoms with Crippen LogP contribution < -0.4 is 4.90 Å². The van der Waals surface area contributed by atoms with E-state index >= 15 is 0 Å². The van der Waals surface area contributed by atoms with E-state index in [9.17, 15) is 8.78 Å². The van der Waals surface area contributed by atoms with Gasteiger partial charge in [-0.2, -0.15) is 20.3 Å². The van der Waals surface area contributed by atoms with E-state index in [2.05, 4.69) is 44.1 Å². The molecule has 33 heavy (non-hydrogen) atoms. The van der Waals surface area contributed by atoms with Crippen LogP contribution in [0.25, 0.3) is 11.3 Å². The lowest BCUT2D eigenvalue weighted by Gasteiger charge is -2.47. The molecule has 6 rings (SSSR count). The molecule has 1 N–H and O–H groups in total. The van der Waals surface area contributed by atoms with E-state index in [4.69, 9.17) is 4.74 Å². The van der Waals surface area contributed by atoms with Gasteiger partial charge >= 0.3 is 0 Å². The molecule has 1 saturated carbocycles. The van der Waals surface area contributed by atoms with Gasteiger partial charge in [0.05, 0.1) is 29.7 Å². The Morgan fingerprint density at radius 3 is 2.70 bits per heavy atom. The zero-order valence-electron chi connectivity index (χ0n) is 18.9. The van der Waals surface area contributed by atoms with Crippen LogP contribution in [0.3, 0.4) is 0 Å². The number of benzene rings is 1. The molecule has 2 aromatic heterocycles. The predicted molar refractivity (Wildman–Crippen MR) is 118 cm³/mol. The lowest BCUT2D eigenvalue weighted by atomic mass is 9.64. The predicted octanol–water partition coefficient (Wildman–Crippen LogP) is 3.91. The van der Waals surface area contributed by atoms with Gasteiger partial charge in [-0.1, -0.05) is 19.9 Å². The minimum absolute atomic E-state index is 0.108. The molecule has 2 fully saturated rings. The molecule has 2 bridgehead atoms. The number of nitrogens with one attached hydrogen (secondary N) is 1. The summed E-state index contributed by atoms with van der Waals surface area (Å²) in [5, 5.41) is 16.1. The molecule has 3 aliphatic rings. The van der Waals surface area contributed by atoms with Crippen LogP contribution in [-0.4, -0.2) is 51.2 Å². The molecule has 3 aromatic rings. The van der Waals surface area contributed by atoms with Gasteiger partial charge in [0.2, 0.25) is 5.95 Å². The molecule has 1 saturated heterocycles. The fourth-order valence-corrected chi connectivity index (χ4v) is 6.56. The summed E-state index contributed by atoms with van der Waals surface area (Å²) in [5.74, 6) is 0.421. The molecule has 7 nitrogen and oxygen atoms in total. The van der Waals surface area contributed by atoms with Crippen molar-refractivity contribution in [1.82, 2.24) is 25.4 Å². The van der Waals surface area contributed by atoms with E-state index in [1.165, 1.54) is 18.2 Å². The molecule has 2 aliphatic carbocycles. The van der Waals surface area contributed by atoms with Gasteiger partial charge in [0, 0.05) is 18.5 Å². The van der Waals surface area contributed by atoms with E-state index in [-0.39, 0.29) is 34.1 Å². The maximum absolute atomic E-state index is 14.5. The van der Waals surface area contributed by atoms with Crippen LogP contribution in [0.15, 0.2) is 24.3 Å². The topological polar surface area (TPSA) is 79.8 Å². The minimum atomic E-state index is -0.630. The highest BCUT2D eigenvalue weighted by Crippen LogP contribution is 2.69. The van der Waals surface area contributed by atoms with E-state index in [1.807, 2.05) is 13.0 Å². The number of ether oxygens (including phenoxy) is 1. The lowest BCUT2D eigenvalue weighted by Crippen LogP contribution is -2.56. The van der Waals surface area contributed by atoms with Crippen LogP contribution in [0.1, 0.15) is 49.7 Å². The summed E-state index contributed by atoms with van der Waals surface area (Å²) in [4.78, 5) is 6.68. The average Bonchev–Trinajstić information content (AvgIpc) is 3.40. The number of hydrogen-bond donors (Lipinski definition) is 1. The Kier molecular flexibility index (Phi) is 4.40. The molecule has 0 radical (unpaired) electrons. The zero-order valence-corrected chi connectivity index (χ0v) is 18.9. The monoisotopic (exact) mass is 452 g/mol. The first-order valence-corrected chi connectivity index (χ1v) is 11.4. The number of halogens is 2. The summed E-state index contributed by atoms with van der Waals surface area (Å²) < 4.78 is 35.3. The van der Waals surface area contributed by atoms with Crippen LogP contribution in [0.4, 0.5) is 14.7 Å². The van der Waals surface area contributed by atoms with Crippen molar-refractivity contribution in [3.63, 3.8) is 0 Å². The number of aromatic amines is 1. The van der Waals surface area contributed by atoms with E-state index in [0.29, 0.717) is 19.0 Å². The van der Waals surface area contributed by atoms with Gasteiger partial charge in [-0.15, -0.1) is 0 Å². The SMILES string of the molecule is Cc1n[nH]c(N2CCO[C@H]([C@@]34CC[C@@H](c5cc(-c6c(F)cccc6F)nnc53)C4(C)C)C2)n1. The van der Waals surface area contributed by atoms with Crippen LogP contribution >= 0.6 is 0 Å². The molecule has 1 aromatic carbocycles. The van der Waals surface area contributed by atoms with Crippen molar-refractivity contribution in [2.45, 2.75) is 51.0 Å². The number of fused-ring (bicyclic) bond motifs is 5. The number of anilines is 1. The second-order valence-electron chi connectivity index (χ2n) is 9.93. The third-order valence-corrected chi connectivity index (χ3v) is 8.19. The number of aryl methyl sites for hydroxylation is 1. The second-order valence-corrected chi connectivity index (χ2v) is 9.93. The van der Waals surface area contributed by atoms with Crippen molar-refractivity contribution in [3.8, 4) is 11.3 Å². The standard InChI is InChI=1S/C24H26F2N6O/c1-13-27-22(31-28-13)32-9-10-33-19(12-32)24-8-7-15(23(24,2)3)14-11-18(29-30-21(14)24)20-16(25)5-4-6-17(20)26/h4-6,11,15,19H,7-10,12H2,1-3H3,(H,27,28,31)/t15-,19-,24-/m0/s1. The van der Waals surface area contributed by atoms with Gasteiger partial charge in [-0.05, 0) is 54.9 Å². The van der Waals surface area contributed by atoms with Gasteiger partial charge in [-0.3, -0.25) is 0 Å². The number of morpholine rings is 1. The summed E-state index contributed by atoms with van der Waals surface area (Å²) in [5.41, 5.74) is 1.59. The number of H-pyrrole nitrogens is 1. The summed E-state index contributed by atoms with van der Waals surface area (Å²) in [6.07, 6.45) is 1.81. The third-order valence-electron chi connectivity index (χ3n) is 8.19. The van der Waals surface area contributed by atoms with Crippen molar-refractivity contribution in [1.29, 1.82) is 0 Å². The van der Waals surface area contributed by atoms with Crippen molar-refractivity contribution >= 4 is 5.95 Å². The summed E-state index contributed by atoms with van der Waals surface area (Å²) in [6, 6.07) is 5.70. The number of nitrogens with zero attached hydrogens (tertiary/aromatic N) is 5. The van der Waals surface area contributed by atoms with E-state index in [1.54, 1.807) is 0 Å². The van der Waals surface area contributed by atoms with Gasteiger partial charge in [0.15, 0.2) is 0 Å². The molecule has 0 unspecified atom stereocenters. The Morgan fingerprint density at radius 2 is 1.97 bits per heavy atom. The Hall–Kier alpha value is -2.94. The maximum Gasteiger partial charge on any atom is 0.221 e. The van der Waals surface area contributed by atoms with Crippen LogP contribution in [0, 0.1) is 24.0 Å². The Morgan fingerprint density at radius 1 is 1.18 bits per heavy atom. The van der Waals surface area contributed by atoms with E-state index < -0.39 is 11.6 Å². The van der Waals surface area contributed by atoms with Crippen molar-refractivity contribution < 1.29 is 13.5 Å². The summed E-state index contributed by atoms with van der Waals surface area (Å²) >= 11 is 0. The van der Waals surface area contributed by atoms with Gasteiger partial charge in [0.1, 0.15) is 17.5 Å².